The molecule has 0 spiro atoms. The fourth-order valence-corrected chi connectivity index (χ4v) is 1.78. The molecule has 2 N–H and O–H groups in total. The number of aliphatic hydroxyl groups is 1. The number of aryl methyl sites for hydroxylation is 1. The molecule has 1 unspecified atom stereocenters. The zero-order chi connectivity index (χ0) is 11.6. The Balaban J connectivity index is 3.35. The van der Waals surface area contributed by atoms with Gasteiger partial charge >= 0.3 is 5.97 Å². The summed E-state index contributed by atoms with van der Waals surface area (Å²) in [5.74, 6) is -0.957. The molecule has 5 heteroatoms. The Bertz CT molecular complexity index is 389. The average Bonchev–Trinajstić information content (AvgIpc) is 2.20. The van der Waals surface area contributed by atoms with Crippen LogP contribution < -0.4 is 4.74 Å². The molecule has 0 aromatic heterocycles. The van der Waals surface area contributed by atoms with Crippen LogP contribution in [0.4, 0.5) is 0 Å². The van der Waals surface area contributed by atoms with E-state index in [9.17, 15) is 9.90 Å². The summed E-state index contributed by atoms with van der Waals surface area (Å²) in [7, 11) is 1.43. The van der Waals surface area contributed by atoms with Crippen LogP contribution in [0.15, 0.2) is 16.6 Å². The van der Waals surface area contributed by atoms with E-state index < -0.39 is 12.1 Å². The molecule has 0 heterocycles. The van der Waals surface area contributed by atoms with Crippen LogP contribution in [0.5, 0.6) is 5.75 Å². The van der Waals surface area contributed by atoms with Gasteiger partial charge in [-0.05, 0) is 34.5 Å². The van der Waals surface area contributed by atoms with Crippen molar-refractivity contribution in [3.05, 3.63) is 27.7 Å². The Morgan fingerprint density at radius 1 is 1.53 bits per heavy atom. The maximum Gasteiger partial charge on any atom is 0.337 e. The van der Waals surface area contributed by atoms with Crippen LogP contribution in [0.2, 0.25) is 0 Å². The van der Waals surface area contributed by atoms with Crippen molar-refractivity contribution in [2.75, 3.05) is 7.11 Å². The normalized spacial score (nSPS) is 12.3. The molecule has 0 fully saturated rings. The van der Waals surface area contributed by atoms with Crippen molar-refractivity contribution < 1.29 is 19.7 Å². The highest BCUT2D eigenvalue weighted by Gasteiger charge is 2.24. The van der Waals surface area contributed by atoms with Crippen LogP contribution in [-0.4, -0.2) is 23.3 Å². The van der Waals surface area contributed by atoms with E-state index in [0.717, 1.165) is 5.56 Å². The number of aliphatic carboxylic acids is 1. The minimum Gasteiger partial charge on any atom is -0.496 e. The Hall–Kier alpha value is -1.07. The minimum absolute atomic E-state index is 0.241. The number of ether oxygens (including phenoxy) is 1. The van der Waals surface area contributed by atoms with Crippen LogP contribution in [0.3, 0.4) is 0 Å². The Kier molecular flexibility index (Phi) is 3.71. The number of benzene rings is 1. The van der Waals surface area contributed by atoms with Crippen LogP contribution in [-0.2, 0) is 4.79 Å². The van der Waals surface area contributed by atoms with Gasteiger partial charge in [-0.2, -0.15) is 0 Å². The number of halogens is 1. The maximum atomic E-state index is 10.7. The SMILES string of the molecule is COc1ccc(C)c(Br)c1C(O)C(=O)O. The summed E-state index contributed by atoms with van der Waals surface area (Å²) < 4.78 is 5.55. The number of carboxylic acids is 1. The standard InChI is InChI=1S/C10H11BrO4/c1-5-3-4-6(15-2)7(8(5)11)9(12)10(13)14/h3-4,9,12H,1-2H3,(H,13,14). The van der Waals surface area contributed by atoms with Gasteiger partial charge in [0.2, 0.25) is 0 Å². The molecule has 4 nitrogen and oxygen atoms in total. The second-order valence-electron chi connectivity index (χ2n) is 3.05. The first-order valence-corrected chi connectivity index (χ1v) is 5.02. The van der Waals surface area contributed by atoms with E-state index in [1.807, 2.05) is 6.92 Å². The number of methoxy groups -OCH3 is 1. The molecule has 1 aromatic rings. The molecule has 0 aliphatic heterocycles. The van der Waals surface area contributed by atoms with Gasteiger partial charge in [0.25, 0.3) is 0 Å². The Labute approximate surface area is 95.6 Å². The fourth-order valence-electron chi connectivity index (χ4n) is 1.24. The third kappa shape index (κ3) is 2.30. The molecule has 0 saturated heterocycles. The molecule has 0 amide bonds. The highest BCUT2D eigenvalue weighted by molar-refractivity contribution is 9.10. The lowest BCUT2D eigenvalue weighted by Crippen LogP contribution is -2.12. The summed E-state index contributed by atoms with van der Waals surface area (Å²) >= 11 is 3.24. The molecule has 15 heavy (non-hydrogen) atoms. The molecule has 0 saturated carbocycles. The summed E-state index contributed by atoms with van der Waals surface area (Å²) in [6.45, 7) is 1.81. The number of hydrogen-bond donors (Lipinski definition) is 2. The van der Waals surface area contributed by atoms with Gasteiger partial charge in [0, 0.05) is 10.0 Å². The van der Waals surface area contributed by atoms with Crippen LogP contribution >= 0.6 is 15.9 Å². The first-order valence-electron chi connectivity index (χ1n) is 4.23. The van der Waals surface area contributed by atoms with Crippen LogP contribution in [0, 0.1) is 6.92 Å². The molecule has 0 aliphatic carbocycles. The summed E-state index contributed by atoms with van der Waals surface area (Å²) in [6.07, 6.45) is -1.59. The molecule has 0 aliphatic rings. The monoisotopic (exact) mass is 274 g/mol. The predicted octanol–water partition coefficient (Wildman–Crippen LogP) is 1.88. The quantitative estimate of drug-likeness (QED) is 0.883. The van der Waals surface area contributed by atoms with Gasteiger partial charge < -0.3 is 14.9 Å². The largest absolute Gasteiger partial charge is 0.496 e. The number of hydrogen-bond acceptors (Lipinski definition) is 3. The lowest BCUT2D eigenvalue weighted by Gasteiger charge is -2.14. The molecule has 0 bridgehead atoms. The average molecular weight is 275 g/mol. The first kappa shape index (κ1) is 12.0. The van der Waals surface area contributed by atoms with Gasteiger partial charge in [0.15, 0.2) is 6.10 Å². The van der Waals surface area contributed by atoms with Gasteiger partial charge in [0.05, 0.1) is 7.11 Å². The van der Waals surface area contributed by atoms with E-state index >= 15 is 0 Å². The molecular formula is C10H11BrO4. The predicted molar refractivity (Wildman–Crippen MR) is 58.0 cm³/mol. The zero-order valence-corrected chi connectivity index (χ0v) is 9.91. The molecule has 0 radical (unpaired) electrons. The highest BCUT2D eigenvalue weighted by Crippen LogP contribution is 2.34. The van der Waals surface area contributed by atoms with Gasteiger partial charge in [-0.3, -0.25) is 0 Å². The fraction of sp³-hybridized carbons (Fsp3) is 0.300. The van der Waals surface area contributed by atoms with Crippen molar-refractivity contribution in [1.82, 2.24) is 0 Å². The number of rotatable bonds is 3. The topological polar surface area (TPSA) is 66.8 Å². The van der Waals surface area contributed by atoms with Crippen molar-refractivity contribution in [1.29, 1.82) is 0 Å². The summed E-state index contributed by atoms with van der Waals surface area (Å²) in [5, 5.41) is 18.2. The van der Waals surface area contributed by atoms with Gasteiger partial charge in [0.1, 0.15) is 5.75 Å². The van der Waals surface area contributed by atoms with Crippen LogP contribution in [0.1, 0.15) is 17.2 Å². The molecular weight excluding hydrogens is 264 g/mol. The number of aliphatic hydroxyl groups excluding tert-OH is 1. The Morgan fingerprint density at radius 3 is 2.60 bits per heavy atom. The van der Waals surface area contributed by atoms with E-state index in [-0.39, 0.29) is 5.56 Å². The maximum absolute atomic E-state index is 10.7. The second-order valence-corrected chi connectivity index (χ2v) is 3.85. The van der Waals surface area contributed by atoms with Crippen molar-refractivity contribution in [3.63, 3.8) is 0 Å². The van der Waals surface area contributed by atoms with Crippen molar-refractivity contribution in [2.45, 2.75) is 13.0 Å². The first-order chi connectivity index (χ1) is 6.99. The Morgan fingerprint density at radius 2 is 2.13 bits per heavy atom. The lowest BCUT2D eigenvalue weighted by atomic mass is 10.1. The van der Waals surface area contributed by atoms with E-state index in [1.54, 1.807) is 12.1 Å². The van der Waals surface area contributed by atoms with Crippen molar-refractivity contribution in [3.8, 4) is 5.75 Å². The molecule has 1 atom stereocenters. The molecule has 82 valence electrons. The second kappa shape index (κ2) is 4.63. The van der Waals surface area contributed by atoms with Gasteiger partial charge in [-0.25, -0.2) is 4.79 Å². The highest BCUT2D eigenvalue weighted by atomic mass is 79.9. The molecule has 1 aromatic carbocycles. The van der Waals surface area contributed by atoms with Gasteiger partial charge in [-0.15, -0.1) is 0 Å². The van der Waals surface area contributed by atoms with E-state index in [1.165, 1.54) is 7.11 Å². The lowest BCUT2D eigenvalue weighted by molar-refractivity contribution is -0.147. The van der Waals surface area contributed by atoms with Crippen molar-refractivity contribution >= 4 is 21.9 Å². The third-order valence-electron chi connectivity index (χ3n) is 2.06. The summed E-state index contributed by atoms with van der Waals surface area (Å²) in [4.78, 5) is 10.7. The number of carboxylic acid groups (broad SMARTS) is 1. The minimum atomic E-state index is -1.59. The van der Waals surface area contributed by atoms with Crippen molar-refractivity contribution in [2.24, 2.45) is 0 Å². The molecule has 1 rings (SSSR count). The smallest absolute Gasteiger partial charge is 0.337 e. The van der Waals surface area contributed by atoms with E-state index in [4.69, 9.17) is 9.84 Å². The zero-order valence-electron chi connectivity index (χ0n) is 8.32. The van der Waals surface area contributed by atoms with E-state index in [0.29, 0.717) is 10.2 Å². The van der Waals surface area contributed by atoms with Gasteiger partial charge in [-0.1, -0.05) is 6.07 Å². The van der Waals surface area contributed by atoms with Crippen LogP contribution in [0.25, 0.3) is 0 Å². The number of carbonyl (C=O) groups is 1. The van der Waals surface area contributed by atoms with E-state index in [2.05, 4.69) is 15.9 Å². The summed E-state index contributed by atoms with van der Waals surface area (Å²) in [5.41, 5.74) is 1.08. The summed E-state index contributed by atoms with van der Waals surface area (Å²) in [6, 6.07) is 3.41. The third-order valence-corrected chi connectivity index (χ3v) is 3.11.